The predicted octanol–water partition coefficient (Wildman–Crippen LogP) is 3.62. The van der Waals surface area contributed by atoms with Crippen LogP contribution >= 0.6 is 11.6 Å². The first kappa shape index (κ1) is 13.4. The molecule has 2 aromatic carbocycles. The Hall–Kier alpha value is -2.07. The van der Waals surface area contributed by atoms with Crippen molar-refractivity contribution in [3.05, 3.63) is 58.4 Å². The normalized spacial score (nSPS) is 10.3. The molecule has 0 radical (unpaired) electrons. The van der Waals surface area contributed by atoms with Crippen LogP contribution in [0.4, 0.5) is 15.8 Å². The third-order valence-corrected chi connectivity index (χ3v) is 2.99. The Bertz CT molecular complexity index is 643. The molecule has 0 aliphatic rings. The molecule has 2 rings (SSSR count). The maximum atomic E-state index is 13.4. The molecule has 98 valence electrons. The number of halogens is 2. The Morgan fingerprint density at radius 1 is 1.26 bits per heavy atom. The predicted molar refractivity (Wildman–Crippen MR) is 75.0 cm³/mol. The van der Waals surface area contributed by atoms with E-state index in [1.165, 1.54) is 12.1 Å². The highest BCUT2D eigenvalue weighted by molar-refractivity contribution is 6.34. The van der Waals surface area contributed by atoms with Crippen molar-refractivity contribution in [2.45, 2.75) is 6.92 Å². The number of hydrogen-bond acceptors (Lipinski definition) is 2. The van der Waals surface area contributed by atoms with Gasteiger partial charge in [0.1, 0.15) is 5.82 Å². The number of benzene rings is 2. The lowest BCUT2D eigenvalue weighted by atomic mass is 10.1. The van der Waals surface area contributed by atoms with Gasteiger partial charge in [-0.1, -0.05) is 17.7 Å². The highest BCUT2D eigenvalue weighted by Gasteiger charge is 2.10. The zero-order valence-corrected chi connectivity index (χ0v) is 11.0. The molecular weight excluding hydrogens is 267 g/mol. The molecule has 0 fully saturated rings. The van der Waals surface area contributed by atoms with E-state index in [9.17, 15) is 9.18 Å². The Morgan fingerprint density at radius 2 is 2.00 bits per heavy atom. The smallest absolute Gasteiger partial charge is 0.255 e. The first-order valence-corrected chi connectivity index (χ1v) is 5.97. The van der Waals surface area contributed by atoms with Crippen LogP contribution in [0.25, 0.3) is 0 Å². The number of carbonyl (C=O) groups is 1. The van der Waals surface area contributed by atoms with Gasteiger partial charge in [-0.15, -0.1) is 0 Å². The maximum Gasteiger partial charge on any atom is 0.255 e. The minimum absolute atomic E-state index is 0.232. The summed E-state index contributed by atoms with van der Waals surface area (Å²) >= 11 is 5.95. The molecule has 0 aromatic heterocycles. The van der Waals surface area contributed by atoms with Gasteiger partial charge in [-0.25, -0.2) is 4.39 Å². The van der Waals surface area contributed by atoms with Crippen LogP contribution in [0, 0.1) is 12.7 Å². The molecule has 0 heterocycles. The van der Waals surface area contributed by atoms with Crippen LogP contribution in [0.5, 0.6) is 0 Å². The highest BCUT2D eigenvalue weighted by atomic mass is 35.5. The SMILES string of the molecule is Cc1ccc(C(=O)Nc2ccc(N)cc2Cl)cc1F. The molecule has 19 heavy (non-hydrogen) atoms. The molecule has 0 bridgehead atoms. The average Bonchev–Trinajstić information content (AvgIpc) is 2.36. The summed E-state index contributed by atoms with van der Waals surface area (Å²) in [4.78, 5) is 11.9. The largest absolute Gasteiger partial charge is 0.399 e. The molecule has 0 aliphatic carbocycles. The highest BCUT2D eigenvalue weighted by Crippen LogP contribution is 2.24. The van der Waals surface area contributed by atoms with Crippen LogP contribution in [0.1, 0.15) is 15.9 Å². The van der Waals surface area contributed by atoms with E-state index in [4.69, 9.17) is 17.3 Å². The number of nitrogens with two attached hydrogens (primary N) is 1. The summed E-state index contributed by atoms with van der Waals surface area (Å²) in [7, 11) is 0. The second kappa shape index (κ2) is 5.28. The fourth-order valence-electron chi connectivity index (χ4n) is 1.56. The molecule has 0 atom stereocenters. The standard InChI is InChI=1S/C14H12ClFN2O/c1-8-2-3-9(6-12(8)16)14(19)18-13-5-4-10(17)7-11(13)15/h2-7H,17H2,1H3,(H,18,19). The van der Waals surface area contributed by atoms with Gasteiger partial charge in [0.15, 0.2) is 0 Å². The van der Waals surface area contributed by atoms with Crippen LogP contribution in [0.15, 0.2) is 36.4 Å². The van der Waals surface area contributed by atoms with Crippen molar-refractivity contribution >= 4 is 28.9 Å². The summed E-state index contributed by atoms with van der Waals surface area (Å²) in [5, 5.41) is 2.94. The maximum absolute atomic E-state index is 13.4. The van der Waals surface area contributed by atoms with Crippen molar-refractivity contribution in [1.29, 1.82) is 0 Å². The van der Waals surface area contributed by atoms with E-state index in [1.807, 2.05) is 0 Å². The van der Waals surface area contributed by atoms with Gasteiger partial charge < -0.3 is 11.1 Å². The number of carbonyl (C=O) groups excluding carboxylic acids is 1. The molecule has 0 unspecified atom stereocenters. The van der Waals surface area contributed by atoms with Crippen LogP contribution in [0.3, 0.4) is 0 Å². The van der Waals surface area contributed by atoms with E-state index in [0.717, 1.165) is 0 Å². The molecule has 0 aliphatic heterocycles. The Balaban J connectivity index is 2.23. The molecule has 0 saturated carbocycles. The van der Waals surface area contributed by atoms with Gasteiger partial charge in [-0.05, 0) is 42.8 Å². The summed E-state index contributed by atoms with van der Waals surface area (Å²) < 4.78 is 13.4. The zero-order chi connectivity index (χ0) is 14.0. The first-order valence-electron chi connectivity index (χ1n) is 5.60. The van der Waals surface area contributed by atoms with E-state index in [1.54, 1.807) is 31.2 Å². The van der Waals surface area contributed by atoms with Crippen LogP contribution in [0.2, 0.25) is 5.02 Å². The van der Waals surface area contributed by atoms with Crippen LogP contribution < -0.4 is 11.1 Å². The van der Waals surface area contributed by atoms with Crippen molar-refractivity contribution in [3.8, 4) is 0 Å². The number of nitrogen functional groups attached to an aromatic ring is 1. The molecule has 3 nitrogen and oxygen atoms in total. The van der Waals surface area contributed by atoms with Crippen molar-refractivity contribution in [1.82, 2.24) is 0 Å². The first-order chi connectivity index (χ1) is 8.97. The van der Waals surface area contributed by atoms with E-state index < -0.39 is 11.7 Å². The average molecular weight is 279 g/mol. The monoisotopic (exact) mass is 278 g/mol. The van der Waals surface area contributed by atoms with E-state index >= 15 is 0 Å². The summed E-state index contributed by atoms with van der Waals surface area (Å²) in [6.07, 6.45) is 0. The minimum Gasteiger partial charge on any atom is -0.399 e. The fourth-order valence-corrected chi connectivity index (χ4v) is 1.80. The Kier molecular flexibility index (Phi) is 3.71. The van der Waals surface area contributed by atoms with E-state index in [2.05, 4.69) is 5.32 Å². The van der Waals surface area contributed by atoms with Crippen molar-refractivity contribution in [3.63, 3.8) is 0 Å². The topological polar surface area (TPSA) is 55.1 Å². The number of amides is 1. The summed E-state index contributed by atoms with van der Waals surface area (Å²) in [6, 6.07) is 9.05. The molecular formula is C14H12ClFN2O. The second-order valence-electron chi connectivity index (χ2n) is 4.16. The quantitative estimate of drug-likeness (QED) is 0.824. The van der Waals surface area contributed by atoms with E-state index in [-0.39, 0.29) is 5.56 Å². The van der Waals surface area contributed by atoms with Crippen LogP contribution in [-0.2, 0) is 0 Å². The van der Waals surface area contributed by atoms with Gasteiger partial charge in [-0.3, -0.25) is 4.79 Å². The van der Waals surface area contributed by atoms with Gasteiger partial charge in [0.2, 0.25) is 0 Å². The van der Waals surface area contributed by atoms with Crippen molar-refractivity contribution in [2.24, 2.45) is 0 Å². The third-order valence-electron chi connectivity index (χ3n) is 2.68. The zero-order valence-electron chi connectivity index (χ0n) is 10.2. The summed E-state index contributed by atoms with van der Waals surface area (Å²) in [6.45, 7) is 1.63. The number of rotatable bonds is 2. The molecule has 2 aromatic rings. The van der Waals surface area contributed by atoms with Gasteiger partial charge in [0.05, 0.1) is 10.7 Å². The van der Waals surface area contributed by atoms with Crippen molar-refractivity contribution < 1.29 is 9.18 Å². The van der Waals surface area contributed by atoms with Gasteiger partial charge in [-0.2, -0.15) is 0 Å². The van der Waals surface area contributed by atoms with Crippen molar-refractivity contribution in [2.75, 3.05) is 11.1 Å². The number of nitrogens with one attached hydrogen (secondary N) is 1. The molecule has 1 amide bonds. The van der Waals surface area contributed by atoms with Crippen LogP contribution in [-0.4, -0.2) is 5.91 Å². The number of aryl methyl sites for hydroxylation is 1. The molecule has 0 saturated heterocycles. The summed E-state index contributed by atoms with van der Waals surface area (Å²) in [5.41, 5.74) is 7.22. The number of anilines is 2. The third kappa shape index (κ3) is 3.03. The molecule has 0 spiro atoms. The molecule has 3 N–H and O–H groups in total. The molecule has 5 heteroatoms. The fraction of sp³-hybridized carbons (Fsp3) is 0.0714. The van der Waals surface area contributed by atoms with Gasteiger partial charge >= 0.3 is 0 Å². The number of hydrogen-bond donors (Lipinski definition) is 2. The Morgan fingerprint density at radius 3 is 2.63 bits per heavy atom. The van der Waals surface area contributed by atoms with Gasteiger partial charge in [0.25, 0.3) is 5.91 Å². The lowest BCUT2D eigenvalue weighted by molar-refractivity contribution is 0.102. The Labute approximate surface area is 115 Å². The lowest BCUT2D eigenvalue weighted by Crippen LogP contribution is -2.12. The van der Waals surface area contributed by atoms with Gasteiger partial charge in [0, 0.05) is 11.3 Å². The van der Waals surface area contributed by atoms with E-state index in [0.29, 0.717) is 22.0 Å². The lowest BCUT2D eigenvalue weighted by Gasteiger charge is -2.08. The minimum atomic E-state index is -0.425. The summed E-state index contributed by atoms with van der Waals surface area (Å²) in [5.74, 6) is -0.846. The second-order valence-corrected chi connectivity index (χ2v) is 4.56.